The summed E-state index contributed by atoms with van der Waals surface area (Å²) in [5, 5.41) is 0. The summed E-state index contributed by atoms with van der Waals surface area (Å²) < 4.78 is 26.6. The molecule has 108 valence electrons. The molecule has 0 aromatic heterocycles. The van der Waals surface area contributed by atoms with E-state index in [1.165, 1.54) is 4.31 Å². The molecule has 0 fully saturated rings. The molecule has 0 bridgehead atoms. The van der Waals surface area contributed by atoms with Crippen LogP contribution in [0, 0.1) is 6.92 Å². The predicted octanol–water partition coefficient (Wildman–Crippen LogP) is 2.26. The van der Waals surface area contributed by atoms with E-state index in [9.17, 15) is 8.42 Å². The zero-order valence-electron chi connectivity index (χ0n) is 12.0. The quantitative estimate of drug-likeness (QED) is 0.835. The van der Waals surface area contributed by atoms with E-state index in [0.717, 1.165) is 24.0 Å². The minimum atomic E-state index is -3.39. The van der Waals surface area contributed by atoms with Gasteiger partial charge in [0.2, 0.25) is 10.0 Å². The van der Waals surface area contributed by atoms with Crippen molar-refractivity contribution in [3.63, 3.8) is 0 Å². The highest BCUT2D eigenvalue weighted by Gasteiger charge is 2.22. The Bertz CT molecular complexity index is 512. The average Bonchev–Trinajstić information content (AvgIpc) is 2.39. The number of nitrogens with two attached hydrogens (primary N) is 1. The standard InChI is InChI=1S/C14H24N2O2S/c1-4-6-9-16(5-2)19(17,18)14-8-7-12(3)13(10-14)11-15/h7-8,10H,4-6,9,11,15H2,1-3H3. The van der Waals surface area contributed by atoms with E-state index < -0.39 is 10.0 Å². The first-order chi connectivity index (χ1) is 8.97. The van der Waals surface area contributed by atoms with Crippen LogP contribution in [0.5, 0.6) is 0 Å². The molecule has 2 N–H and O–H groups in total. The van der Waals surface area contributed by atoms with E-state index in [0.29, 0.717) is 24.5 Å². The minimum Gasteiger partial charge on any atom is -0.326 e. The second kappa shape index (κ2) is 7.03. The number of hydrogen-bond donors (Lipinski definition) is 1. The van der Waals surface area contributed by atoms with Crippen molar-refractivity contribution in [2.24, 2.45) is 5.73 Å². The lowest BCUT2D eigenvalue weighted by molar-refractivity contribution is 0.419. The molecule has 0 unspecified atom stereocenters. The van der Waals surface area contributed by atoms with Gasteiger partial charge < -0.3 is 5.73 Å². The zero-order chi connectivity index (χ0) is 14.5. The van der Waals surface area contributed by atoms with E-state index in [2.05, 4.69) is 6.92 Å². The molecule has 4 nitrogen and oxygen atoms in total. The van der Waals surface area contributed by atoms with Crippen molar-refractivity contribution in [2.75, 3.05) is 13.1 Å². The number of nitrogens with zero attached hydrogens (tertiary/aromatic N) is 1. The number of aryl methyl sites for hydroxylation is 1. The molecule has 5 heteroatoms. The molecule has 0 saturated carbocycles. The third kappa shape index (κ3) is 3.78. The highest BCUT2D eigenvalue weighted by atomic mass is 32.2. The molecular weight excluding hydrogens is 260 g/mol. The van der Waals surface area contributed by atoms with E-state index >= 15 is 0 Å². The Kier molecular flexibility index (Phi) is 5.97. The summed E-state index contributed by atoms with van der Waals surface area (Å²) in [6.45, 7) is 7.28. The molecule has 1 rings (SSSR count). The predicted molar refractivity (Wildman–Crippen MR) is 78.4 cm³/mol. The highest BCUT2D eigenvalue weighted by Crippen LogP contribution is 2.19. The summed E-state index contributed by atoms with van der Waals surface area (Å²) >= 11 is 0. The van der Waals surface area contributed by atoms with Gasteiger partial charge in [-0.25, -0.2) is 8.42 Å². The summed E-state index contributed by atoms with van der Waals surface area (Å²) in [5.41, 5.74) is 7.55. The van der Waals surface area contributed by atoms with Crippen molar-refractivity contribution >= 4 is 10.0 Å². The van der Waals surface area contributed by atoms with Gasteiger partial charge in [-0.05, 0) is 36.6 Å². The van der Waals surface area contributed by atoms with Crippen LogP contribution in [-0.4, -0.2) is 25.8 Å². The lowest BCUT2D eigenvalue weighted by Crippen LogP contribution is -2.32. The molecule has 0 aliphatic carbocycles. The Morgan fingerprint density at radius 2 is 1.95 bits per heavy atom. The Morgan fingerprint density at radius 1 is 1.26 bits per heavy atom. The van der Waals surface area contributed by atoms with Gasteiger partial charge in [0.1, 0.15) is 0 Å². The van der Waals surface area contributed by atoms with Gasteiger partial charge in [0.15, 0.2) is 0 Å². The van der Waals surface area contributed by atoms with Gasteiger partial charge in [-0.15, -0.1) is 0 Å². The normalized spacial score (nSPS) is 12.1. The van der Waals surface area contributed by atoms with Gasteiger partial charge in [0.25, 0.3) is 0 Å². The lowest BCUT2D eigenvalue weighted by Gasteiger charge is -2.20. The van der Waals surface area contributed by atoms with Crippen LogP contribution in [0.15, 0.2) is 23.1 Å². The Hall–Kier alpha value is -0.910. The summed E-state index contributed by atoms with van der Waals surface area (Å²) in [6.07, 6.45) is 1.86. The molecule has 19 heavy (non-hydrogen) atoms. The number of hydrogen-bond acceptors (Lipinski definition) is 3. The van der Waals surface area contributed by atoms with Crippen molar-refractivity contribution in [2.45, 2.75) is 45.1 Å². The molecule has 0 aliphatic rings. The monoisotopic (exact) mass is 284 g/mol. The maximum Gasteiger partial charge on any atom is 0.243 e. The molecule has 0 atom stereocenters. The fraction of sp³-hybridized carbons (Fsp3) is 0.571. The van der Waals surface area contributed by atoms with Crippen LogP contribution in [0.2, 0.25) is 0 Å². The fourth-order valence-electron chi connectivity index (χ4n) is 1.96. The van der Waals surface area contributed by atoms with Crippen molar-refractivity contribution in [1.29, 1.82) is 0 Å². The van der Waals surface area contributed by atoms with Crippen LogP contribution < -0.4 is 5.73 Å². The van der Waals surface area contributed by atoms with Gasteiger partial charge in [-0.3, -0.25) is 0 Å². The smallest absolute Gasteiger partial charge is 0.243 e. The van der Waals surface area contributed by atoms with Crippen molar-refractivity contribution in [1.82, 2.24) is 4.31 Å². The molecule has 0 heterocycles. The number of unbranched alkanes of at least 4 members (excludes halogenated alkanes) is 1. The largest absolute Gasteiger partial charge is 0.326 e. The van der Waals surface area contributed by atoms with Crippen molar-refractivity contribution in [3.8, 4) is 0 Å². The number of benzene rings is 1. The SMILES string of the molecule is CCCCN(CC)S(=O)(=O)c1ccc(C)c(CN)c1. The van der Waals surface area contributed by atoms with Gasteiger partial charge in [-0.2, -0.15) is 4.31 Å². The molecule has 0 radical (unpaired) electrons. The first kappa shape index (κ1) is 16.1. The maximum absolute atomic E-state index is 12.5. The molecule has 0 aliphatic heterocycles. The Morgan fingerprint density at radius 3 is 2.47 bits per heavy atom. The van der Waals surface area contributed by atoms with Crippen LogP contribution in [0.4, 0.5) is 0 Å². The van der Waals surface area contributed by atoms with Crippen molar-refractivity contribution in [3.05, 3.63) is 29.3 Å². The van der Waals surface area contributed by atoms with Gasteiger partial charge in [-0.1, -0.05) is 26.3 Å². The van der Waals surface area contributed by atoms with Gasteiger partial charge >= 0.3 is 0 Å². The van der Waals surface area contributed by atoms with Crippen LogP contribution in [0.25, 0.3) is 0 Å². The second-order valence-electron chi connectivity index (χ2n) is 4.64. The van der Waals surface area contributed by atoms with E-state index in [-0.39, 0.29) is 0 Å². The van der Waals surface area contributed by atoms with Crippen LogP contribution >= 0.6 is 0 Å². The average molecular weight is 284 g/mol. The zero-order valence-corrected chi connectivity index (χ0v) is 12.8. The van der Waals surface area contributed by atoms with E-state index in [1.807, 2.05) is 19.9 Å². The molecule has 0 amide bonds. The molecule has 1 aromatic rings. The number of sulfonamides is 1. The molecular formula is C14H24N2O2S. The fourth-order valence-corrected chi connectivity index (χ4v) is 3.50. The van der Waals surface area contributed by atoms with Crippen LogP contribution in [-0.2, 0) is 16.6 Å². The van der Waals surface area contributed by atoms with E-state index in [1.54, 1.807) is 12.1 Å². The van der Waals surface area contributed by atoms with E-state index in [4.69, 9.17) is 5.73 Å². The second-order valence-corrected chi connectivity index (χ2v) is 6.58. The first-order valence-electron chi connectivity index (χ1n) is 6.77. The third-order valence-corrected chi connectivity index (χ3v) is 5.26. The van der Waals surface area contributed by atoms with Gasteiger partial charge in [0, 0.05) is 19.6 Å². The molecule has 0 spiro atoms. The summed E-state index contributed by atoms with van der Waals surface area (Å²) in [6, 6.07) is 5.18. The van der Waals surface area contributed by atoms with Crippen LogP contribution in [0.3, 0.4) is 0 Å². The summed E-state index contributed by atoms with van der Waals surface area (Å²) in [4.78, 5) is 0.344. The maximum atomic E-state index is 12.5. The highest BCUT2D eigenvalue weighted by molar-refractivity contribution is 7.89. The lowest BCUT2D eigenvalue weighted by atomic mass is 10.1. The third-order valence-electron chi connectivity index (χ3n) is 3.29. The minimum absolute atomic E-state index is 0.344. The first-order valence-corrected chi connectivity index (χ1v) is 8.21. The van der Waals surface area contributed by atoms with Crippen LogP contribution in [0.1, 0.15) is 37.8 Å². The molecule has 1 aromatic carbocycles. The topological polar surface area (TPSA) is 63.4 Å². The molecule has 0 saturated heterocycles. The number of rotatable bonds is 7. The Balaban J connectivity index is 3.11. The Labute approximate surface area is 116 Å². The summed E-state index contributed by atoms with van der Waals surface area (Å²) in [7, 11) is -3.39. The van der Waals surface area contributed by atoms with Gasteiger partial charge in [0.05, 0.1) is 4.90 Å². The summed E-state index contributed by atoms with van der Waals surface area (Å²) in [5.74, 6) is 0. The van der Waals surface area contributed by atoms with Crippen molar-refractivity contribution < 1.29 is 8.42 Å².